The maximum Gasteiger partial charge on any atom is 0.328 e. The average Bonchev–Trinajstić information content (AvgIpc) is 3.40. The van der Waals surface area contributed by atoms with Crippen LogP contribution in [0.2, 0.25) is 0 Å². The third kappa shape index (κ3) is 4.73. The van der Waals surface area contributed by atoms with E-state index in [4.69, 9.17) is 4.74 Å². The van der Waals surface area contributed by atoms with Crippen LogP contribution in [0.15, 0.2) is 30.3 Å². The van der Waals surface area contributed by atoms with E-state index in [1.54, 1.807) is 0 Å². The van der Waals surface area contributed by atoms with E-state index in [2.05, 4.69) is 14.8 Å². The number of amides is 2. The molecule has 2 aliphatic heterocycles. The van der Waals surface area contributed by atoms with Gasteiger partial charge in [0.05, 0.1) is 20.6 Å². The van der Waals surface area contributed by atoms with Crippen LogP contribution in [0.5, 0.6) is 0 Å². The molecule has 156 valence electrons. The van der Waals surface area contributed by atoms with E-state index in [0.717, 1.165) is 5.56 Å². The SMILES string of the molecule is COC(=O)C[C@H](NC(=O)[C@@H]1CCCN1C(=O)[C@@H]1O[C@H]1c1ccccc1)C(=O)OC. The Kier molecular flexibility index (Phi) is 6.48. The van der Waals surface area contributed by atoms with Crippen LogP contribution in [0.25, 0.3) is 0 Å². The number of hydrogen-bond acceptors (Lipinski definition) is 7. The second-order valence-corrected chi connectivity index (χ2v) is 6.94. The molecule has 1 N–H and O–H groups in total. The lowest BCUT2D eigenvalue weighted by molar-refractivity contribution is -0.151. The molecule has 2 fully saturated rings. The average molecular weight is 404 g/mol. The number of ether oxygens (including phenoxy) is 3. The van der Waals surface area contributed by atoms with Gasteiger partial charge in [-0.3, -0.25) is 14.4 Å². The van der Waals surface area contributed by atoms with Gasteiger partial charge in [-0.1, -0.05) is 30.3 Å². The van der Waals surface area contributed by atoms with E-state index in [9.17, 15) is 19.2 Å². The lowest BCUT2D eigenvalue weighted by Crippen LogP contribution is -2.52. The van der Waals surface area contributed by atoms with Crippen molar-refractivity contribution in [1.82, 2.24) is 10.2 Å². The highest BCUT2D eigenvalue weighted by molar-refractivity contribution is 5.94. The van der Waals surface area contributed by atoms with Crippen molar-refractivity contribution in [3.8, 4) is 0 Å². The van der Waals surface area contributed by atoms with Crippen LogP contribution >= 0.6 is 0 Å². The predicted molar refractivity (Wildman–Crippen MR) is 99.4 cm³/mol. The van der Waals surface area contributed by atoms with Crippen LogP contribution in [0.1, 0.15) is 30.9 Å². The van der Waals surface area contributed by atoms with Crippen molar-refractivity contribution in [2.45, 2.75) is 43.6 Å². The molecule has 9 heteroatoms. The number of nitrogens with zero attached hydrogens (tertiary/aromatic N) is 1. The molecule has 2 aliphatic rings. The molecule has 1 aromatic carbocycles. The van der Waals surface area contributed by atoms with Gasteiger partial charge in [0.1, 0.15) is 18.2 Å². The predicted octanol–water partition coefficient (Wildman–Crippen LogP) is 0.338. The van der Waals surface area contributed by atoms with Crippen LogP contribution in [0.3, 0.4) is 0 Å². The summed E-state index contributed by atoms with van der Waals surface area (Å²) >= 11 is 0. The van der Waals surface area contributed by atoms with Gasteiger partial charge in [0, 0.05) is 6.54 Å². The fourth-order valence-corrected chi connectivity index (χ4v) is 3.52. The molecule has 29 heavy (non-hydrogen) atoms. The van der Waals surface area contributed by atoms with E-state index >= 15 is 0 Å². The van der Waals surface area contributed by atoms with Crippen LogP contribution in [0.4, 0.5) is 0 Å². The number of likely N-dealkylation sites (tertiary alicyclic amines) is 1. The smallest absolute Gasteiger partial charge is 0.328 e. The highest BCUT2D eigenvalue weighted by Gasteiger charge is 2.50. The number of benzene rings is 1. The molecule has 2 amide bonds. The lowest BCUT2D eigenvalue weighted by atomic mass is 10.1. The van der Waals surface area contributed by atoms with E-state index < -0.39 is 36.0 Å². The van der Waals surface area contributed by atoms with Gasteiger partial charge in [-0.05, 0) is 18.4 Å². The monoisotopic (exact) mass is 404 g/mol. The number of carbonyl (C=O) groups excluding carboxylic acids is 4. The van der Waals surface area contributed by atoms with Gasteiger partial charge in [0.25, 0.3) is 5.91 Å². The maximum absolute atomic E-state index is 12.9. The normalized spacial score (nSPS) is 23.8. The van der Waals surface area contributed by atoms with Gasteiger partial charge >= 0.3 is 11.9 Å². The van der Waals surface area contributed by atoms with Crippen molar-refractivity contribution < 1.29 is 33.4 Å². The van der Waals surface area contributed by atoms with Crippen molar-refractivity contribution in [3.63, 3.8) is 0 Å². The van der Waals surface area contributed by atoms with Gasteiger partial charge in [-0.15, -0.1) is 0 Å². The molecule has 4 atom stereocenters. The quantitative estimate of drug-likeness (QED) is 0.515. The molecule has 2 saturated heterocycles. The second-order valence-electron chi connectivity index (χ2n) is 6.94. The van der Waals surface area contributed by atoms with Gasteiger partial charge in [0.15, 0.2) is 6.10 Å². The molecule has 0 unspecified atom stereocenters. The number of epoxide rings is 1. The number of esters is 2. The van der Waals surface area contributed by atoms with Gasteiger partial charge in [-0.2, -0.15) is 0 Å². The van der Waals surface area contributed by atoms with Crippen molar-refractivity contribution in [2.75, 3.05) is 20.8 Å². The first kappa shape index (κ1) is 20.8. The van der Waals surface area contributed by atoms with E-state index in [0.29, 0.717) is 19.4 Å². The minimum atomic E-state index is -1.17. The summed E-state index contributed by atoms with van der Waals surface area (Å²) in [6.07, 6.45) is -0.150. The minimum absolute atomic E-state index is 0.251. The van der Waals surface area contributed by atoms with Crippen molar-refractivity contribution in [2.24, 2.45) is 0 Å². The number of rotatable bonds is 7. The van der Waals surface area contributed by atoms with Crippen LogP contribution in [-0.4, -0.2) is 67.6 Å². The second kappa shape index (κ2) is 9.04. The summed E-state index contributed by atoms with van der Waals surface area (Å²) in [5, 5.41) is 2.51. The number of carbonyl (C=O) groups is 4. The standard InChI is InChI=1S/C20H24N2O7/c1-27-15(23)11-13(20(26)28-2)21-18(24)14-9-6-10-22(14)19(25)17-16(29-17)12-7-4-3-5-8-12/h3-5,7-8,13-14,16-17H,6,9-11H2,1-2H3,(H,21,24)/t13-,14-,16-,17+/m0/s1. The third-order valence-corrected chi connectivity index (χ3v) is 5.10. The van der Waals surface area contributed by atoms with Crippen LogP contribution < -0.4 is 5.32 Å². The van der Waals surface area contributed by atoms with E-state index in [1.165, 1.54) is 19.1 Å². The Morgan fingerprint density at radius 2 is 1.90 bits per heavy atom. The zero-order valence-electron chi connectivity index (χ0n) is 16.3. The molecule has 0 bridgehead atoms. The number of methoxy groups -OCH3 is 2. The Labute approximate surface area is 168 Å². The molecular formula is C20H24N2O7. The molecule has 0 radical (unpaired) electrons. The molecule has 0 saturated carbocycles. The topological polar surface area (TPSA) is 115 Å². The molecule has 2 heterocycles. The largest absolute Gasteiger partial charge is 0.469 e. The molecule has 0 spiro atoms. The van der Waals surface area contributed by atoms with Crippen LogP contribution in [-0.2, 0) is 33.4 Å². The van der Waals surface area contributed by atoms with Crippen molar-refractivity contribution in [3.05, 3.63) is 35.9 Å². The van der Waals surface area contributed by atoms with E-state index in [1.807, 2.05) is 30.3 Å². The first-order valence-corrected chi connectivity index (χ1v) is 9.42. The molecule has 3 rings (SSSR count). The zero-order chi connectivity index (χ0) is 21.0. The summed E-state index contributed by atoms with van der Waals surface area (Å²) in [5.74, 6) is -2.17. The Morgan fingerprint density at radius 3 is 2.55 bits per heavy atom. The highest BCUT2D eigenvalue weighted by Crippen LogP contribution is 2.40. The molecular weight excluding hydrogens is 380 g/mol. The van der Waals surface area contributed by atoms with Gasteiger partial charge in [0.2, 0.25) is 5.91 Å². The van der Waals surface area contributed by atoms with Crippen LogP contribution in [0, 0.1) is 0 Å². The van der Waals surface area contributed by atoms with Crippen molar-refractivity contribution in [1.29, 1.82) is 0 Å². The molecule has 0 aliphatic carbocycles. The Morgan fingerprint density at radius 1 is 1.17 bits per heavy atom. The maximum atomic E-state index is 12.9. The Balaban J connectivity index is 1.63. The summed E-state index contributed by atoms with van der Waals surface area (Å²) in [6.45, 7) is 0.429. The first-order valence-electron chi connectivity index (χ1n) is 9.42. The zero-order valence-corrected chi connectivity index (χ0v) is 16.3. The van der Waals surface area contributed by atoms with Crippen molar-refractivity contribution >= 4 is 23.8 Å². The molecule has 0 aromatic heterocycles. The van der Waals surface area contributed by atoms with E-state index in [-0.39, 0.29) is 18.4 Å². The summed E-state index contributed by atoms with van der Waals surface area (Å²) in [5.41, 5.74) is 0.912. The molecule has 1 aromatic rings. The van der Waals surface area contributed by atoms with Gasteiger partial charge in [-0.25, -0.2) is 4.79 Å². The minimum Gasteiger partial charge on any atom is -0.469 e. The highest BCUT2D eigenvalue weighted by atomic mass is 16.6. The Bertz CT molecular complexity index is 782. The third-order valence-electron chi connectivity index (χ3n) is 5.10. The number of nitrogens with one attached hydrogen (secondary N) is 1. The summed E-state index contributed by atoms with van der Waals surface area (Å²) in [7, 11) is 2.35. The fraction of sp³-hybridized carbons (Fsp3) is 0.500. The summed E-state index contributed by atoms with van der Waals surface area (Å²) in [6, 6.07) is 7.51. The molecule has 9 nitrogen and oxygen atoms in total. The fourth-order valence-electron chi connectivity index (χ4n) is 3.52. The lowest BCUT2D eigenvalue weighted by Gasteiger charge is -2.25. The summed E-state index contributed by atoms with van der Waals surface area (Å²) < 4.78 is 14.8. The van der Waals surface area contributed by atoms with Gasteiger partial charge < -0.3 is 24.4 Å². The summed E-state index contributed by atoms with van der Waals surface area (Å²) in [4.78, 5) is 50.5. The number of hydrogen-bond donors (Lipinski definition) is 1. The Hall–Kier alpha value is -2.94. The first-order chi connectivity index (χ1) is 14.0.